The van der Waals surface area contributed by atoms with E-state index in [1.165, 1.54) is 23.5 Å². The number of carbonyl (C=O) groups is 1. The largest absolute Gasteiger partial charge is 0.545 e. The molecule has 7 nitrogen and oxygen atoms in total. The van der Waals surface area contributed by atoms with E-state index >= 15 is 0 Å². The fourth-order valence-corrected chi connectivity index (χ4v) is 5.19. The molecule has 4 rings (SSSR count). The van der Waals surface area contributed by atoms with E-state index in [1.807, 2.05) is 17.2 Å². The van der Waals surface area contributed by atoms with Crippen LogP contribution in [-0.2, 0) is 9.53 Å². The first-order valence-corrected chi connectivity index (χ1v) is 11.7. The lowest BCUT2D eigenvalue weighted by atomic mass is 9.92. The van der Waals surface area contributed by atoms with Crippen molar-refractivity contribution in [1.29, 1.82) is 0 Å². The molecule has 2 aliphatic rings. The van der Waals surface area contributed by atoms with E-state index in [-0.39, 0.29) is 11.7 Å². The number of carboxylic acid groups (broad SMARTS) is 1. The molecule has 31 heavy (non-hydrogen) atoms. The number of hydrogen-bond donors (Lipinski definition) is 1. The molecule has 0 saturated carbocycles. The zero-order chi connectivity index (χ0) is 22.0. The molecule has 0 spiro atoms. The van der Waals surface area contributed by atoms with Gasteiger partial charge < -0.3 is 24.9 Å². The molecule has 10 heteroatoms. The maximum Gasteiger partial charge on any atom is 0.165 e. The smallest absolute Gasteiger partial charge is 0.165 e. The first-order chi connectivity index (χ1) is 15.0. The summed E-state index contributed by atoms with van der Waals surface area (Å²) in [7, 11) is 0. The van der Waals surface area contributed by atoms with Crippen LogP contribution in [0.3, 0.4) is 0 Å². The molecular weight excluding hydrogens is 487 g/mol. The number of nitrogens with zero attached hydrogens (tertiary/aromatic N) is 3. The number of thiazole rings is 1. The summed E-state index contributed by atoms with van der Waals surface area (Å²) in [5, 5.41) is 17.1. The Bertz CT molecular complexity index is 1020. The van der Waals surface area contributed by atoms with E-state index in [0.717, 1.165) is 13.1 Å². The molecule has 2 atom stereocenters. The van der Waals surface area contributed by atoms with E-state index in [9.17, 15) is 14.3 Å². The van der Waals surface area contributed by atoms with Gasteiger partial charge in [-0.2, -0.15) is 0 Å². The summed E-state index contributed by atoms with van der Waals surface area (Å²) in [5.74, 6) is -1.12. The number of ether oxygens (including phenoxy) is 1. The lowest BCUT2D eigenvalue weighted by Gasteiger charge is -2.38. The van der Waals surface area contributed by atoms with Crippen molar-refractivity contribution >= 4 is 39.1 Å². The number of carbonyl (C=O) groups excluding carboxylic acids is 1. The third kappa shape index (κ3) is 4.57. The van der Waals surface area contributed by atoms with Gasteiger partial charge in [0.05, 0.1) is 19.1 Å². The number of aliphatic carboxylic acids is 1. The summed E-state index contributed by atoms with van der Waals surface area (Å²) in [6.45, 7) is 4.70. The van der Waals surface area contributed by atoms with Crippen LogP contribution in [0.4, 0.5) is 4.39 Å². The average molecular weight is 509 g/mol. The number of amidine groups is 1. The predicted octanol–water partition coefficient (Wildman–Crippen LogP) is 1.22. The highest BCUT2D eigenvalue weighted by Crippen LogP contribution is 2.40. The monoisotopic (exact) mass is 508 g/mol. The van der Waals surface area contributed by atoms with Gasteiger partial charge in [-0.25, -0.2) is 9.37 Å². The van der Waals surface area contributed by atoms with Crippen molar-refractivity contribution in [3.63, 3.8) is 0 Å². The van der Waals surface area contributed by atoms with Crippen molar-refractivity contribution in [1.82, 2.24) is 9.88 Å². The van der Waals surface area contributed by atoms with Gasteiger partial charge in [-0.3, -0.25) is 4.99 Å². The highest BCUT2D eigenvalue weighted by molar-refractivity contribution is 9.10. The van der Waals surface area contributed by atoms with E-state index < -0.39 is 17.8 Å². The molecular formula is C21H22BrFN4O3S. The van der Waals surface area contributed by atoms with Crippen molar-refractivity contribution in [2.45, 2.75) is 25.5 Å². The van der Waals surface area contributed by atoms with E-state index in [1.54, 1.807) is 12.3 Å². The van der Waals surface area contributed by atoms with Gasteiger partial charge in [0.2, 0.25) is 0 Å². The molecule has 1 saturated heterocycles. The van der Waals surface area contributed by atoms with E-state index in [4.69, 9.17) is 9.73 Å². The van der Waals surface area contributed by atoms with Gasteiger partial charge in [-0.15, -0.1) is 11.3 Å². The van der Waals surface area contributed by atoms with Crippen LogP contribution in [0.2, 0.25) is 0 Å². The number of morpholine rings is 1. The fourth-order valence-electron chi connectivity index (χ4n) is 3.98. The Labute approximate surface area is 191 Å². The first kappa shape index (κ1) is 22.1. The Morgan fingerprint density at radius 3 is 2.94 bits per heavy atom. The van der Waals surface area contributed by atoms with Crippen LogP contribution in [0.15, 0.2) is 50.5 Å². The van der Waals surface area contributed by atoms with Crippen LogP contribution in [-0.4, -0.2) is 54.0 Å². The highest BCUT2D eigenvalue weighted by atomic mass is 79.9. The average Bonchev–Trinajstić information content (AvgIpc) is 3.28. The Kier molecular flexibility index (Phi) is 6.80. The highest BCUT2D eigenvalue weighted by Gasteiger charge is 2.35. The second kappa shape index (κ2) is 9.56. The van der Waals surface area contributed by atoms with Crippen molar-refractivity contribution in [3.8, 4) is 0 Å². The number of aliphatic imine (C=N–C) groups is 1. The van der Waals surface area contributed by atoms with Crippen LogP contribution in [0, 0.1) is 5.82 Å². The molecule has 3 heterocycles. The summed E-state index contributed by atoms with van der Waals surface area (Å²) in [6, 6.07) is 3.31. The number of quaternary nitrogens is 1. The minimum Gasteiger partial charge on any atom is -0.545 e. The van der Waals surface area contributed by atoms with Crippen LogP contribution >= 0.6 is 27.3 Å². The maximum atomic E-state index is 13.7. The molecule has 164 valence electrons. The molecule has 0 aliphatic carbocycles. The number of benzene rings is 1. The van der Waals surface area contributed by atoms with Crippen molar-refractivity contribution in [3.05, 3.63) is 61.9 Å². The molecule has 0 radical (unpaired) electrons. The zero-order valence-corrected chi connectivity index (χ0v) is 19.3. The van der Waals surface area contributed by atoms with Gasteiger partial charge in [0.25, 0.3) is 0 Å². The van der Waals surface area contributed by atoms with Crippen molar-refractivity contribution in [2.24, 2.45) is 4.99 Å². The standard InChI is InChI=1S/C21H22BrFN4O3S/c1-2-27-16(10-13-11-24-5-7-30-13)17(21(28)29)18(14-4-3-12(23)9-15(14)22)26-19(27)20-25-6-8-31-20/h3-4,6,8-9,13,18,24H,2,5,7,10-11H2,1H3,(H,28,29). The Hall–Kier alpha value is -2.14. The van der Waals surface area contributed by atoms with E-state index in [0.29, 0.717) is 46.1 Å². The number of nitrogens with two attached hydrogens (primary N) is 1. The summed E-state index contributed by atoms with van der Waals surface area (Å²) in [5.41, 5.74) is 1.23. The molecule has 0 bridgehead atoms. The van der Waals surface area contributed by atoms with Crippen LogP contribution in [0.5, 0.6) is 0 Å². The second-order valence-corrected chi connectivity index (χ2v) is 9.01. The summed E-state index contributed by atoms with van der Waals surface area (Å²) < 4.78 is 20.1. The fraction of sp³-hybridized carbons (Fsp3) is 0.381. The summed E-state index contributed by atoms with van der Waals surface area (Å²) in [4.78, 5) is 23.5. The SMILES string of the molecule is CCN1C(c2nccs2)=NC(c2ccc(F)cc2Br)C(C(=O)[O-])=C1CC1C[NH2+]CCO1. The van der Waals surface area contributed by atoms with Crippen molar-refractivity contribution in [2.75, 3.05) is 26.2 Å². The van der Waals surface area contributed by atoms with Crippen LogP contribution in [0.1, 0.15) is 30.0 Å². The third-order valence-electron chi connectivity index (χ3n) is 5.36. The first-order valence-electron chi connectivity index (χ1n) is 10.1. The van der Waals surface area contributed by atoms with Gasteiger partial charge >= 0.3 is 0 Å². The van der Waals surface area contributed by atoms with Gasteiger partial charge in [-0.05, 0) is 24.6 Å². The Morgan fingerprint density at radius 2 is 2.32 bits per heavy atom. The Balaban J connectivity index is 1.88. The predicted molar refractivity (Wildman–Crippen MR) is 116 cm³/mol. The number of hydrogen-bond acceptors (Lipinski definition) is 7. The number of aromatic nitrogens is 1. The number of carboxylic acids is 1. The van der Waals surface area contributed by atoms with Gasteiger partial charge in [0, 0.05) is 40.3 Å². The Morgan fingerprint density at radius 1 is 1.48 bits per heavy atom. The molecule has 2 N–H and O–H groups in total. The maximum absolute atomic E-state index is 13.7. The molecule has 2 aromatic rings. The van der Waals surface area contributed by atoms with Gasteiger partial charge in [0.15, 0.2) is 10.8 Å². The quantitative estimate of drug-likeness (QED) is 0.633. The minimum atomic E-state index is -1.29. The van der Waals surface area contributed by atoms with Crippen molar-refractivity contribution < 1.29 is 24.3 Å². The summed E-state index contributed by atoms with van der Waals surface area (Å²) in [6.07, 6.45) is 1.98. The number of halogens is 2. The minimum absolute atomic E-state index is 0.0728. The third-order valence-corrected chi connectivity index (χ3v) is 6.82. The van der Waals surface area contributed by atoms with Crippen LogP contribution < -0.4 is 10.4 Å². The lowest BCUT2D eigenvalue weighted by Crippen LogP contribution is -2.89. The molecule has 1 aromatic carbocycles. The molecule has 0 amide bonds. The van der Waals surface area contributed by atoms with Gasteiger partial charge in [0.1, 0.15) is 24.5 Å². The lowest BCUT2D eigenvalue weighted by molar-refractivity contribution is -0.677. The van der Waals surface area contributed by atoms with Crippen LogP contribution in [0.25, 0.3) is 0 Å². The summed E-state index contributed by atoms with van der Waals surface area (Å²) >= 11 is 4.81. The topological polar surface area (TPSA) is 94.5 Å². The molecule has 2 unspecified atom stereocenters. The van der Waals surface area contributed by atoms with E-state index in [2.05, 4.69) is 26.2 Å². The number of rotatable bonds is 6. The molecule has 1 fully saturated rings. The van der Waals surface area contributed by atoms with Gasteiger partial charge in [-0.1, -0.05) is 22.0 Å². The molecule has 2 aliphatic heterocycles. The zero-order valence-electron chi connectivity index (χ0n) is 16.9. The normalized spacial score (nSPS) is 21.9. The second-order valence-electron chi connectivity index (χ2n) is 7.26. The molecule has 1 aromatic heterocycles.